The number of hydrogen-bond acceptors (Lipinski definition) is 5. The number of thioether (sulfide) groups is 1. The van der Waals surface area contributed by atoms with Crippen molar-refractivity contribution < 1.29 is 19.5 Å². The standard InChI is InChI=1S/C33H36ClN3O4S/c1-22-12-9-15-24(34)28(22)36-20-11-17-33-27(31(40)37(29(33)32(36)41)18-7-2-3-8-21-38)26-25(42-33)16-10-19-35(30(26)39)23-13-5-4-6-14-23/h4-6,9-17,25-27,29,38H,2-3,7-8,18-21H2,1H3/t25-,26+,27+,29?,33+/m1/s1. The normalized spacial score (nSPS) is 28.5. The quantitative estimate of drug-likeness (QED) is 0.338. The molecule has 42 heavy (non-hydrogen) atoms. The lowest BCUT2D eigenvalue weighted by Gasteiger charge is -2.35. The number of benzene rings is 2. The maximum absolute atomic E-state index is 14.7. The third kappa shape index (κ3) is 4.77. The van der Waals surface area contributed by atoms with Crippen molar-refractivity contribution in [3.05, 3.63) is 83.4 Å². The highest BCUT2D eigenvalue weighted by molar-refractivity contribution is 8.02. The molecule has 4 heterocycles. The van der Waals surface area contributed by atoms with E-state index in [2.05, 4.69) is 6.08 Å². The lowest BCUT2D eigenvalue weighted by molar-refractivity contribution is -0.138. The molecule has 2 aromatic rings. The lowest BCUT2D eigenvalue weighted by Crippen LogP contribution is -2.53. The summed E-state index contributed by atoms with van der Waals surface area (Å²) in [6.07, 6.45) is 11.2. The van der Waals surface area contributed by atoms with Gasteiger partial charge >= 0.3 is 0 Å². The van der Waals surface area contributed by atoms with Crippen LogP contribution in [0.15, 0.2) is 72.8 Å². The van der Waals surface area contributed by atoms with Gasteiger partial charge in [-0.15, -0.1) is 11.8 Å². The summed E-state index contributed by atoms with van der Waals surface area (Å²) in [6.45, 7) is 3.27. The minimum atomic E-state index is -0.877. The van der Waals surface area contributed by atoms with Crippen molar-refractivity contribution in [3.63, 3.8) is 0 Å². The fourth-order valence-electron chi connectivity index (χ4n) is 7.13. The molecule has 5 atom stereocenters. The molecule has 1 spiro atoms. The number of para-hydroxylation sites is 2. The van der Waals surface area contributed by atoms with Gasteiger partial charge in [0.15, 0.2) is 0 Å². The summed E-state index contributed by atoms with van der Waals surface area (Å²) >= 11 is 8.25. The molecule has 9 heteroatoms. The maximum atomic E-state index is 14.7. The molecule has 2 fully saturated rings. The van der Waals surface area contributed by atoms with E-state index < -0.39 is 22.6 Å². The topological polar surface area (TPSA) is 81.2 Å². The molecule has 6 rings (SSSR count). The Labute approximate surface area is 256 Å². The lowest BCUT2D eigenvalue weighted by atomic mass is 9.78. The monoisotopic (exact) mass is 605 g/mol. The van der Waals surface area contributed by atoms with Gasteiger partial charge in [0.25, 0.3) is 5.91 Å². The van der Waals surface area contributed by atoms with E-state index in [0.29, 0.717) is 36.8 Å². The number of likely N-dealkylation sites (tertiary alicyclic amines) is 1. The van der Waals surface area contributed by atoms with Gasteiger partial charge in [-0.25, -0.2) is 0 Å². The Morgan fingerprint density at radius 1 is 0.905 bits per heavy atom. The van der Waals surface area contributed by atoms with Crippen LogP contribution in [0.1, 0.15) is 31.2 Å². The second-order valence-electron chi connectivity index (χ2n) is 11.5. The Morgan fingerprint density at radius 2 is 1.67 bits per heavy atom. The third-order valence-electron chi connectivity index (χ3n) is 8.99. The smallest absolute Gasteiger partial charge is 0.251 e. The molecule has 0 saturated carbocycles. The minimum absolute atomic E-state index is 0.0774. The number of fused-ring (bicyclic) bond motifs is 2. The van der Waals surface area contributed by atoms with Crippen molar-refractivity contribution in [1.82, 2.24) is 4.90 Å². The van der Waals surface area contributed by atoms with E-state index >= 15 is 0 Å². The van der Waals surface area contributed by atoms with E-state index in [1.165, 1.54) is 0 Å². The van der Waals surface area contributed by atoms with E-state index in [0.717, 1.165) is 30.5 Å². The molecule has 2 aromatic carbocycles. The number of aliphatic hydroxyl groups is 1. The van der Waals surface area contributed by atoms with Gasteiger partial charge in [0, 0.05) is 37.2 Å². The van der Waals surface area contributed by atoms with Crippen molar-refractivity contribution in [2.75, 3.05) is 36.0 Å². The summed E-state index contributed by atoms with van der Waals surface area (Å²) in [6, 6.07) is 14.4. The number of nitrogens with zero attached hydrogens (tertiary/aromatic N) is 3. The van der Waals surface area contributed by atoms with Crippen LogP contribution in [-0.2, 0) is 14.4 Å². The van der Waals surface area contributed by atoms with Crippen LogP contribution in [-0.4, -0.2) is 70.0 Å². The number of unbranched alkanes of at least 4 members (excludes halogenated alkanes) is 3. The first kappa shape index (κ1) is 29.0. The molecule has 3 amide bonds. The van der Waals surface area contributed by atoms with Crippen LogP contribution in [0.3, 0.4) is 0 Å². The van der Waals surface area contributed by atoms with Gasteiger partial charge in [-0.05, 0) is 43.5 Å². The molecule has 1 N–H and O–H groups in total. The van der Waals surface area contributed by atoms with Gasteiger partial charge in [-0.1, -0.05) is 79.1 Å². The van der Waals surface area contributed by atoms with Gasteiger partial charge in [-0.3, -0.25) is 14.4 Å². The summed E-state index contributed by atoms with van der Waals surface area (Å²) in [7, 11) is 0. The summed E-state index contributed by atoms with van der Waals surface area (Å²) in [5, 5.41) is 9.48. The molecule has 0 bridgehead atoms. The second kappa shape index (κ2) is 11.9. The maximum Gasteiger partial charge on any atom is 0.251 e. The minimum Gasteiger partial charge on any atom is -0.396 e. The Bertz CT molecular complexity index is 1410. The van der Waals surface area contributed by atoms with Crippen LogP contribution in [0.4, 0.5) is 11.4 Å². The number of carbonyl (C=O) groups is 3. The highest BCUT2D eigenvalue weighted by Gasteiger charge is 2.71. The van der Waals surface area contributed by atoms with Gasteiger partial charge in [0.1, 0.15) is 6.04 Å². The number of anilines is 2. The van der Waals surface area contributed by atoms with Crippen LogP contribution in [0.25, 0.3) is 0 Å². The Kier molecular flexibility index (Phi) is 8.22. The number of aryl methyl sites for hydroxylation is 1. The predicted molar refractivity (Wildman–Crippen MR) is 168 cm³/mol. The zero-order valence-corrected chi connectivity index (χ0v) is 25.3. The highest BCUT2D eigenvalue weighted by atomic mass is 35.5. The van der Waals surface area contributed by atoms with E-state index in [-0.39, 0.29) is 29.6 Å². The average molecular weight is 606 g/mol. The van der Waals surface area contributed by atoms with Gasteiger partial charge in [-0.2, -0.15) is 0 Å². The third-order valence-corrected chi connectivity index (χ3v) is 11.0. The summed E-state index contributed by atoms with van der Waals surface area (Å²) in [5.41, 5.74) is 2.35. The van der Waals surface area contributed by atoms with E-state index in [4.69, 9.17) is 11.6 Å². The van der Waals surface area contributed by atoms with Crippen LogP contribution in [0.2, 0.25) is 5.02 Å². The molecule has 2 saturated heterocycles. The fourth-order valence-corrected chi connectivity index (χ4v) is 9.46. The van der Waals surface area contributed by atoms with E-state index in [1.54, 1.807) is 32.5 Å². The van der Waals surface area contributed by atoms with E-state index in [9.17, 15) is 19.5 Å². The first-order valence-corrected chi connectivity index (χ1v) is 16.0. The molecule has 0 aliphatic carbocycles. The molecule has 4 aliphatic rings. The molecular formula is C33H36ClN3O4S. The van der Waals surface area contributed by atoms with Crippen molar-refractivity contribution in [2.45, 2.75) is 48.6 Å². The number of rotatable bonds is 8. The number of halogens is 1. The second-order valence-corrected chi connectivity index (χ2v) is 13.4. The predicted octanol–water partition coefficient (Wildman–Crippen LogP) is 5.00. The van der Waals surface area contributed by atoms with Crippen LogP contribution in [0.5, 0.6) is 0 Å². The van der Waals surface area contributed by atoms with Crippen molar-refractivity contribution in [3.8, 4) is 0 Å². The Hall–Kier alpha value is -3.07. The SMILES string of the molecule is Cc1cccc(Cl)c1N1CC=C[C@]23S[C@@H]4C=CCN(c5ccccc5)C(=O)[C@@H]4[C@H]2C(=O)N(CCCCCCO)C3C1=O. The summed E-state index contributed by atoms with van der Waals surface area (Å²) < 4.78 is -0.877. The zero-order valence-electron chi connectivity index (χ0n) is 23.7. The van der Waals surface area contributed by atoms with E-state index in [1.807, 2.05) is 67.6 Å². The van der Waals surface area contributed by atoms with Gasteiger partial charge in [0.05, 0.1) is 27.3 Å². The van der Waals surface area contributed by atoms with Crippen molar-refractivity contribution >= 4 is 52.5 Å². The molecule has 7 nitrogen and oxygen atoms in total. The Morgan fingerprint density at radius 3 is 2.43 bits per heavy atom. The first-order chi connectivity index (χ1) is 20.4. The van der Waals surface area contributed by atoms with Crippen LogP contribution in [0, 0.1) is 18.8 Å². The fraction of sp³-hybridized carbons (Fsp3) is 0.424. The number of amides is 3. The highest BCUT2D eigenvalue weighted by Crippen LogP contribution is 2.61. The summed E-state index contributed by atoms with van der Waals surface area (Å²) in [4.78, 5) is 48.7. The van der Waals surface area contributed by atoms with Crippen LogP contribution < -0.4 is 9.80 Å². The number of hydrogen-bond donors (Lipinski definition) is 1. The van der Waals surface area contributed by atoms with Gasteiger partial charge < -0.3 is 19.8 Å². The van der Waals surface area contributed by atoms with Crippen molar-refractivity contribution in [2.24, 2.45) is 11.8 Å². The zero-order chi connectivity index (χ0) is 29.4. The van der Waals surface area contributed by atoms with Gasteiger partial charge in [0.2, 0.25) is 11.8 Å². The van der Waals surface area contributed by atoms with Crippen LogP contribution >= 0.6 is 23.4 Å². The number of carbonyl (C=O) groups excluding carboxylic acids is 3. The number of aliphatic hydroxyl groups excluding tert-OH is 1. The molecule has 1 unspecified atom stereocenters. The summed E-state index contributed by atoms with van der Waals surface area (Å²) in [5.74, 6) is -1.62. The van der Waals surface area contributed by atoms with Crippen molar-refractivity contribution in [1.29, 1.82) is 0 Å². The average Bonchev–Trinajstić information content (AvgIpc) is 3.29. The molecular weight excluding hydrogens is 570 g/mol. The molecule has 0 aromatic heterocycles. The molecule has 220 valence electrons. The largest absolute Gasteiger partial charge is 0.396 e. The Balaban J connectivity index is 1.41. The molecule has 0 radical (unpaired) electrons. The first-order valence-electron chi connectivity index (χ1n) is 14.8. The molecule has 4 aliphatic heterocycles.